The fourth-order valence-electron chi connectivity index (χ4n) is 11.1. The van der Waals surface area contributed by atoms with Crippen LogP contribution in [-0.2, 0) is 14.3 Å². The van der Waals surface area contributed by atoms with E-state index in [9.17, 15) is 14.7 Å². The highest BCUT2D eigenvalue weighted by molar-refractivity contribution is 5.94. The van der Waals surface area contributed by atoms with Gasteiger partial charge in [0.25, 0.3) is 0 Å². The molecule has 4 nitrogen and oxygen atoms in total. The van der Waals surface area contributed by atoms with Crippen LogP contribution in [0.5, 0.6) is 0 Å². The molecule has 5 rings (SSSR count). The number of carbonyl (C=O) groups is 2. The van der Waals surface area contributed by atoms with Crippen LogP contribution in [0, 0.1) is 51.2 Å². The van der Waals surface area contributed by atoms with E-state index in [0.717, 1.165) is 24.8 Å². The maximum Gasteiger partial charge on any atom is 0.306 e. The summed E-state index contributed by atoms with van der Waals surface area (Å²) in [4.78, 5) is 26.0. The molecule has 0 unspecified atom stereocenters. The second kappa shape index (κ2) is 9.20. The van der Waals surface area contributed by atoms with Crippen molar-refractivity contribution in [3.63, 3.8) is 0 Å². The van der Waals surface area contributed by atoms with Gasteiger partial charge >= 0.3 is 5.97 Å². The first-order chi connectivity index (χ1) is 17.3. The van der Waals surface area contributed by atoms with Gasteiger partial charge in [0.15, 0.2) is 5.78 Å². The summed E-state index contributed by atoms with van der Waals surface area (Å²) in [6.45, 7) is 16.0. The molecule has 0 heterocycles. The zero-order valence-electron chi connectivity index (χ0n) is 24.6. The molecule has 0 amide bonds. The number of fused-ring (bicyclic) bond motifs is 4. The van der Waals surface area contributed by atoms with Crippen LogP contribution in [0.2, 0.25) is 0 Å². The van der Waals surface area contributed by atoms with Crippen LogP contribution >= 0.6 is 0 Å². The molecule has 4 saturated carbocycles. The first kappa shape index (κ1) is 27.4. The summed E-state index contributed by atoms with van der Waals surface area (Å²) in [6, 6.07) is 0. The lowest BCUT2D eigenvalue weighted by Crippen LogP contribution is -2.73. The van der Waals surface area contributed by atoms with E-state index in [2.05, 4.69) is 47.6 Å². The smallest absolute Gasteiger partial charge is 0.306 e. The number of ketones is 1. The number of Topliss-reactive ketones (excluding diaryl/α,β-unsaturated/α-hetero) is 1. The van der Waals surface area contributed by atoms with Gasteiger partial charge in [0.2, 0.25) is 0 Å². The standard InChI is InChI=1S/C33H52O4/c1-8-30(5)15-9-16-31(6)24(30)14-17-32(7)25-12-11-22(21(4)34)29-23(35)19-33(25,29)27(18-26(31)32)37-28(36)13-10-20(2)3/h11,20,23-27,29,35H,8-10,12-19H2,1-7H3/t23-,24+,25+,26-,27+,29-,30+,31+,32+,33-/m1/s1. The molecule has 208 valence electrons. The molecule has 1 spiro atoms. The Balaban J connectivity index is 1.57. The van der Waals surface area contributed by atoms with Crippen molar-refractivity contribution in [2.24, 2.45) is 51.2 Å². The van der Waals surface area contributed by atoms with Crippen molar-refractivity contribution in [3.8, 4) is 0 Å². The van der Waals surface area contributed by atoms with E-state index >= 15 is 0 Å². The van der Waals surface area contributed by atoms with Crippen LogP contribution in [0.15, 0.2) is 11.6 Å². The number of allylic oxidation sites excluding steroid dienone is 1. The first-order valence-electron chi connectivity index (χ1n) is 15.4. The number of hydrogen-bond acceptors (Lipinski definition) is 4. The summed E-state index contributed by atoms with van der Waals surface area (Å²) in [5.41, 5.74) is 1.24. The van der Waals surface area contributed by atoms with E-state index < -0.39 is 6.10 Å². The van der Waals surface area contributed by atoms with Crippen LogP contribution in [0.1, 0.15) is 119 Å². The van der Waals surface area contributed by atoms with Crippen LogP contribution in [0.25, 0.3) is 0 Å². The maximum atomic E-state index is 13.2. The monoisotopic (exact) mass is 512 g/mol. The molecule has 4 fully saturated rings. The normalized spacial score (nSPS) is 48.5. The molecule has 37 heavy (non-hydrogen) atoms. The summed E-state index contributed by atoms with van der Waals surface area (Å²) in [5.74, 6) is 1.79. The Morgan fingerprint density at radius 1 is 1.08 bits per heavy atom. The molecule has 0 bridgehead atoms. The predicted octanol–water partition coefficient (Wildman–Crippen LogP) is 7.28. The summed E-state index contributed by atoms with van der Waals surface area (Å²) < 4.78 is 6.52. The number of hydrogen-bond donors (Lipinski definition) is 1. The Bertz CT molecular complexity index is 967. The maximum absolute atomic E-state index is 13.2. The topological polar surface area (TPSA) is 63.6 Å². The lowest BCUT2D eigenvalue weighted by molar-refractivity contribution is -0.288. The van der Waals surface area contributed by atoms with Gasteiger partial charge in [-0.05, 0) is 104 Å². The second-order valence-corrected chi connectivity index (χ2v) is 15.0. The Morgan fingerprint density at radius 2 is 1.78 bits per heavy atom. The van der Waals surface area contributed by atoms with Crippen molar-refractivity contribution in [2.75, 3.05) is 0 Å². The van der Waals surface area contributed by atoms with Gasteiger partial charge in [0.05, 0.1) is 6.10 Å². The van der Waals surface area contributed by atoms with Crippen molar-refractivity contribution in [3.05, 3.63) is 11.6 Å². The summed E-state index contributed by atoms with van der Waals surface area (Å²) in [5, 5.41) is 11.1. The van der Waals surface area contributed by atoms with Gasteiger partial charge in [0.1, 0.15) is 6.10 Å². The fraction of sp³-hybridized carbons (Fsp3) is 0.879. The zero-order chi connectivity index (χ0) is 27.0. The Kier molecular flexibility index (Phi) is 6.82. The van der Waals surface area contributed by atoms with Crippen molar-refractivity contribution < 1.29 is 19.4 Å². The van der Waals surface area contributed by atoms with Crippen LogP contribution in [0.3, 0.4) is 0 Å². The fourth-order valence-corrected chi connectivity index (χ4v) is 11.1. The van der Waals surface area contributed by atoms with Gasteiger partial charge in [-0.15, -0.1) is 0 Å². The average Bonchev–Trinajstić information content (AvgIpc) is 2.82. The Morgan fingerprint density at radius 3 is 2.41 bits per heavy atom. The van der Waals surface area contributed by atoms with E-state index in [1.165, 1.54) is 38.5 Å². The molecule has 5 aliphatic carbocycles. The van der Waals surface area contributed by atoms with E-state index in [0.29, 0.717) is 41.9 Å². The quantitative estimate of drug-likeness (QED) is 0.380. The highest BCUT2D eigenvalue weighted by atomic mass is 16.5. The average molecular weight is 513 g/mol. The third-order valence-corrected chi connectivity index (χ3v) is 13.0. The number of rotatable bonds is 6. The minimum atomic E-state index is -0.514. The van der Waals surface area contributed by atoms with Gasteiger partial charge in [0, 0.05) is 17.8 Å². The number of ether oxygens (including phenoxy) is 1. The van der Waals surface area contributed by atoms with Crippen LogP contribution < -0.4 is 0 Å². The van der Waals surface area contributed by atoms with Crippen LogP contribution in [0.4, 0.5) is 0 Å². The largest absolute Gasteiger partial charge is 0.462 e. The second-order valence-electron chi connectivity index (χ2n) is 15.0. The molecular weight excluding hydrogens is 460 g/mol. The van der Waals surface area contributed by atoms with Gasteiger partial charge in [-0.25, -0.2) is 0 Å². The van der Waals surface area contributed by atoms with Crippen molar-refractivity contribution in [1.29, 1.82) is 0 Å². The minimum Gasteiger partial charge on any atom is -0.462 e. The summed E-state index contributed by atoms with van der Waals surface area (Å²) >= 11 is 0. The molecule has 0 aromatic carbocycles. The Labute approximate surface area is 225 Å². The lowest BCUT2D eigenvalue weighted by Gasteiger charge is -2.74. The van der Waals surface area contributed by atoms with Crippen molar-refractivity contribution in [2.45, 2.75) is 131 Å². The highest BCUT2D eigenvalue weighted by Gasteiger charge is 2.74. The van der Waals surface area contributed by atoms with Gasteiger partial charge < -0.3 is 9.84 Å². The summed E-state index contributed by atoms with van der Waals surface area (Å²) in [6.07, 6.45) is 12.7. The molecule has 0 aromatic heterocycles. The van der Waals surface area contributed by atoms with Gasteiger partial charge in [-0.1, -0.05) is 60.5 Å². The van der Waals surface area contributed by atoms with E-state index in [1.54, 1.807) is 6.92 Å². The highest BCUT2D eigenvalue weighted by Crippen LogP contribution is 2.77. The number of aliphatic hydroxyl groups excluding tert-OH is 1. The third kappa shape index (κ3) is 3.85. The molecule has 1 N–H and O–H groups in total. The zero-order valence-corrected chi connectivity index (χ0v) is 24.6. The van der Waals surface area contributed by atoms with E-state index in [1.807, 2.05) is 0 Å². The SMILES string of the molecule is CC[C@@]1(C)CCC[C@]2(C)[C@H]3C[C@H](OC(=O)CCC(C)C)[C@]45C[C@@H](O)[C@H]4C(C(C)=O)=CC[C@H]5[C@]3(C)CC[C@@H]12. The van der Waals surface area contributed by atoms with Gasteiger partial charge in [-0.3, -0.25) is 9.59 Å². The molecule has 10 atom stereocenters. The molecule has 5 aliphatic rings. The van der Waals surface area contributed by atoms with E-state index in [4.69, 9.17) is 4.74 Å². The van der Waals surface area contributed by atoms with Crippen LogP contribution in [-0.4, -0.2) is 29.1 Å². The van der Waals surface area contributed by atoms with Gasteiger partial charge in [-0.2, -0.15) is 0 Å². The molecule has 4 heteroatoms. The lowest BCUT2D eigenvalue weighted by atomic mass is 9.31. The molecule has 0 saturated heterocycles. The Hall–Kier alpha value is -1.16. The first-order valence-corrected chi connectivity index (χ1v) is 15.4. The van der Waals surface area contributed by atoms with Crippen molar-refractivity contribution in [1.82, 2.24) is 0 Å². The minimum absolute atomic E-state index is 0.0698. The molecule has 0 aromatic rings. The van der Waals surface area contributed by atoms with Crippen molar-refractivity contribution >= 4 is 11.8 Å². The number of esters is 1. The number of carbonyl (C=O) groups excluding carboxylic acids is 2. The summed E-state index contributed by atoms with van der Waals surface area (Å²) in [7, 11) is 0. The predicted molar refractivity (Wildman–Crippen MR) is 147 cm³/mol. The molecular formula is C33H52O4. The molecule has 0 aliphatic heterocycles. The third-order valence-electron chi connectivity index (χ3n) is 13.0. The molecule has 0 radical (unpaired) electrons. The number of aliphatic hydroxyl groups is 1. The van der Waals surface area contributed by atoms with E-state index in [-0.39, 0.29) is 40.0 Å².